The molecule has 1 aromatic carbocycles. The van der Waals surface area contributed by atoms with Crippen LogP contribution in [0.2, 0.25) is 0 Å². The summed E-state index contributed by atoms with van der Waals surface area (Å²) in [5, 5.41) is 0.997. The van der Waals surface area contributed by atoms with Crippen LogP contribution >= 0.6 is 11.3 Å². The molecule has 0 saturated heterocycles. The van der Waals surface area contributed by atoms with Gasteiger partial charge in [0, 0.05) is 24.2 Å². The van der Waals surface area contributed by atoms with Gasteiger partial charge in [0.25, 0.3) is 0 Å². The van der Waals surface area contributed by atoms with E-state index in [1.807, 2.05) is 26.1 Å². The van der Waals surface area contributed by atoms with Gasteiger partial charge in [-0.05, 0) is 25.5 Å². The first kappa shape index (κ1) is 12.1. The summed E-state index contributed by atoms with van der Waals surface area (Å²) in [6.45, 7) is 4.68. The average molecular weight is 247 g/mol. The van der Waals surface area contributed by atoms with Crippen LogP contribution in [0, 0.1) is 13.8 Å². The second kappa shape index (κ2) is 4.85. The Morgan fingerprint density at radius 2 is 2.00 bits per heavy atom. The minimum Gasteiger partial charge on any atom is -0.326 e. The topological polar surface area (TPSA) is 42.2 Å². The zero-order chi connectivity index (χ0) is 12.4. The van der Waals surface area contributed by atoms with Crippen LogP contribution in [0.1, 0.15) is 16.1 Å². The zero-order valence-corrected chi connectivity index (χ0v) is 11.2. The van der Waals surface area contributed by atoms with Crippen molar-refractivity contribution >= 4 is 22.2 Å². The molecule has 0 fully saturated rings. The van der Waals surface area contributed by atoms with Gasteiger partial charge >= 0.3 is 0 Å². The van der Waals surface area contributed by atoms with Crippen LogP contribution in [0.3, 0.4) is 0 Å². The molecule has 0 aliphatic carbocycles. The monoisotopic (exact) mass is 247 g/mol. The molecule has 1 aromatic heterocycles. The Morgan fingerprint density at radius 3 is 2.59 bits per heavy atom. The molecule has 0 saturated carbocycles. The fourth-order valence-electron chi connectivity index (χ4n) is 1.79. The van der Waals surface area contributed by atoms with Gasteiger partial charge in [0.1, 0.15) is 0 Å². The lowest BCUT2D eigenvalue weighted by molar-refractivity contribution is 1.05. The van der Waals surface area contributed by atoms with Gasteiger partial charge in [-0.25, -0.2) is 4.98 Å². The number of nitrogens with two attached hydrogens (primary N) is 1. The van der Waals surface area contributed by atoms with Crippen molar-refractivity contribution in [2.24, 2.45) is 5.73 Å². The minimum atomic E-state index is 0.561. The number of benzene rings is 1. The van der Waals surface area contributed by atoms with Gasteiger partial charge in [0.2, 0.25) is 0 Å². The molecule has 3 nitrogen and oxygen atoms in total. The Labute approximate surface area is 106 Å². The molecule has 0 bridgehead atoms. The van der Waals surface area contributed by atoms with E-state index in [0.717, 1.165) is 15.7 Å². The Morgan fingerprint density at radius 1 is 1.29 bits per heavy atom. The molecule has 0 radical (unpaired) electrons. The van der Waals surface area contributed by atoms with Crippen LogP contribution in [-0.4, -0.2) is 12.0 Å². The predicted octanol–water partition coefficient (Wildman–Crippen LogP) is 2.99. The number of rotatable bonds is 3. The number of hydrogen-bond acceptors (Lipinski definition) is 4. The molecule has 2 aromatic rings. The van der Waals surface area contributed by atoms with Crippen molar-refractivity contribution in [1.82, 2.24) is 4.98 Å². The summed E-state index contributed by atoms with van der Waals surface area (Å²) in [4.78, 5) is 7.83. The molecular formula is C13H17N3S. The molecule has 0 aliphatic heterocycles. The maximum absolute atomic E-state index is 5.68. The highest BCUT2D eigenvalue weighted by Gasteiger charge is 2.12. The fraction of sp³-hybridized carbons (Fsp3) is 0.308. The largest absolute Gasteiger partial charge is 0.326 e. The molecule has 1 heterocycles. The first-order chi connectivity index (χ1) is 8.13. The van der Waals surface area contributed by atoms with E-state index in [4.69, 9.17) is 5.73 Å². The first-order valence-electron chi connectivity index (χ1n) is 5.59. The molecule has 0 aliphatic rings. The fourth-order valence-corrected chi connectivity index (χ4v) is 2.70. The van der Waals surface area contributed by atoms with Crippen LogP contribution in [0.5, 0.6) is 0 Å². The van der Waals surface area contributed by atoms with Gasteiger partial charge in [0.05, 0.1) is 5.69 Å². The normalized spacial score (nSPS) is 10.6. The summed E-state index contributed by atoms with van der Waals surface area (Å²) in [5.41, 5.74) is 9.15. The first-order valence-corrected chi connectivity index (χ1v) is 6.41. The lowest BCUT2D eigenvalue weighted by Gasteiger charge is -2.18. The maximum atomic E-state index is 5.68. The van der Waals surface area contributed by atoms with Crippen LogP contribution in [0.4, 0.5) is 10.8 Å². The zero-order valence-electron chi connectivity index (χ0n) is 10.4. The van der Waals surface area contributed by atoms with E-state index in [2.05, 4.69) is 28.9 Å². The third kappa shape index (κ3) is 2.33. The summed E-state index contributed by atoms with van der Waals surface area (Å²) in [6, 6.07) is 8.30. The highest BCUT2D eigenvalue weighted by molar-refractivity contribution is 7.15. The Hall–Kier alpha value is -1.39. The number of nitrogens with zero attached hydrogens (tertiary/aromatic N) is 2. The number of aromatic nitrogens is 1. The van der Waals surface area contributed by atoms with Crippen LogP contribution in [-0.2, 0) is 6.54 Å². The molecule has 0 amide bonds. The van der Waals surface area contributed by atoms with Gasteiger partial charge in [-0.3, -0.25) is 0 Å². The second-order valence-electron chi connectivity index (χ2n) is 4.05. The minimum absolute atomic E-state index is 0.561. The Bertz CT molecular complexity index is 519. The van der Waals surface area contributed by atoms with Crippen molar-refractivity contribution in [3.63, 3.8) is 0 Å². The van der Waals surface area contributed by atoms with E-state index < -0.39 is 0 Å². The number of hydrogen-bond donors (Lipinski definition) is 1. The third-order valence-electron chi connectivity index (χ3n) is 2.83. The van der Waals surface area contributed by atoms with Crippen molar-refractivity contribution in [3.8, 4) is 0 Å². The van der Waals surface area contributed by atoms with E-state index in [1.54, 1.807) is 11.3 Å². The SMILES string of the molecule is Cc1ccccc1N(C)c1nc(C)c(CN)s1. The van der Waals surface area contributed by atoms with E-state index in [0.29, 0.717) is 6.54 Å². The van der Waals surface area contributed by atoms with Crippen molar-refractivity contribution in [1.29, 1.82) is 0 Å². The van der Waals surface area contributed by atoms with Gasteiger partial charge < -0.3 is 10.6 Å². The van der Waals surface area contributed by atoms with Crippen LogP contribution in [0.15, 0.2) is 24.3 Å². The third-order valence-corrected chi connectivity index (χ3v) is 4.09. The molecule has 2 rings (SSSR count). The molecule has 0 unspecified atom stereocenters. The van der Waals surface area contributed by atoms with Gasteiger partial charge in [-0.2, -0.15) is 0 Å². The summed E-state index contributed by atoms with van der Waals surface area (Å²) < 4.78 is 0. The summed E-state index contributed by atoms with van der Waals surface area (Å²) in [7, 11) is 2.04. The quantitative estimate of drug-likeness (QED) is 0.906. The van der Waals surface area contributed by atoms with E-state index in [9.17, 15) is 0 Å². The molecule has 0 spiro atoms. The number of anilines is 2. The number of aryl methyl sites for hydroxylation is 2. The van der Waals surface area contributed by atoms with Crippen molar-refractivity contribution in [3.05, 3.63) is 40.4 Å². The van der Waals surface area contributed by atoms with E-state index in [-0.39, 0.29) is 0 Å². The van der Waals surface area contributed by atoms with Crippen LogP contribution < -0.4 is 10.6 Å². The molecule has 2 N–H and O–H groups in total. The van der Waals surface area contributed by atoms with Gasteiger partial charge in [-0.15, -0.1) is 0 Å². The van der Waals surface area contributed by atoms with Crippen molar-refractivity contribution in [2.75, 3.05) is 11.9 Å². The van der Waals surface area contributed by atoms with E-state index in [1.165, 1.54) is 11.3 Å². The van der Waals surface area contributed by atoms with Gasteiger partial charge in [-0.1, -0.05) is 29.5 Å². The summed E-state index contributed by atoms with van der Waals surface area (Å²) >= 11 is 1.66. The smallest absolute Gasteiger partial charge is 0.190 e. The van der Waals surface area contributed by atoms with E-state index >= 15 is 0 Å². The number of thiazole rings is 1. The number of para-hydroxylation sites is 1. The maximum Gasteiger partial charge on any atom is 0.190 e. The summed E-state index contributed by atoms with van der Waals surface area (Å²) in [5.74, 6) is 0. The van der Waals surface area contributed by atoms with Crippen molar-refractivity contribution < 1.29 is 0 Å². The predicted molar refractivity (Wildman–Crippen MR) is 74.0 cm³/mol. The Balaban J connectivity index is 2.37. The summed E-state index contributed by atoms with van der Waals surface area (Å²) in [6.07, 6.45) is 0. The molecule has 17 heavy (non-hydrogen) atoms. The van der Waals surface area contributed by atoms with Gasteiger partial charge in [0.15, 0.2) is 5.13 Å². The lowest BCUT2D eigenvalue weighted by Crippen LogP contribution is -2.10. The molecule has 90 valence electrons. The highest BCUT2D eigenvalue weighted by atomic mass is 32.1. The molecule has 0 atom stereocenters. The second-order valence-corrected chi connectivity index (χ2v) is 5.12. The molecule has 4 heteroatoms. The molecular weight excluding hydrogens is 230 g/mol. The lowest BCUT2D eigenvalue weighted by atomic mass is 10.2. The average Bonchev–Trinajstić information content (AvgIpc) is 2.70. The van der Waals surface area contributed by atoms with Crippen molar-refractivity contribution in [2.45, 2.75) is 20.4 Å². The van der Waals surface area contributed by atoms with Crippen LogP contribution in [0.25, 0.3) is 0 Å². The standard InChI is InChI=1S/C13H17N3S/c1-9-6-4-5-7-11(9)16(3)13-15-10(2)12(8-14)17-13/h4-7H,8,14H2,1-3H3. The highest BCUT2D eigenvalue weighted by Crippen LogP contribution is 2.31. The Kier molecular flexibility index (Phi) is 3.45.